The van der Waals surface area contributed by atoms with E-state index in [9.17, 15) is 9.90 Å². The number of rotatable bonds is 8. The van der Waals surface area contributed by atoms with Crippen LogP contribution in [0.4, 0.5) is 11.8 Å². The highest BCUT2D eigenvalue weighted by molar-refractivity contribution is 5.75. The molecule has 2 N–H and O–H groups in total. The van der Waals surface area contributed by atoms with E-state index in [1.807, 2.05) is 18.2 Å². The molecular formula is C25H34N6O3. The molecule has 182 valence electrons. The van der Waals surface area contributed by atoms with Crippen molar-refractivity contribution in [2.24, 2.45) is 0 Å². The zero-order valence-corrected chi connectivity index (χ0v) is 20.6. The lowest BCUT2D eigenvalue weighted by Gasteiger charge is -2.31. The van der Waals surface area contributed by atoms with Gasteiger partial charge in [0, 0.05) is 26.1 Å². The standard InChI is InChI=1S/C25H34N6O3/c1-15(2)21-23-22(29-28-21)24(26-13-18-8-6-10-20(12-18)34-17(5)33)27-25(31(23)16(3)4)30-11-7-9-19(30)14-32/h6,8,10,12,15-16,19,26,32H,7,9,11,13-14H2,1-5H3. The summed E-state index contributed by atoms with van der Waals surface area (Å²) in [6.07, 6.45) is 1.96. The molecule has 1 fully saturated rings. The van der Waals surface area contributed by atoms with Gasteiger partial charge in [-0.3, -0.25) is 4.79 Å². The summed E-state index contributed by atoms with van der Waals surface area (Å²) in [7, 11) is 0. The summed E-state index contributed by atoms with van der Waals surface area (Å²) in [5, 5.41) is 22.5. The summed E-state index contributed by atoms with van der Waals surface area (Å²) in [6, 6.07) is 7.60. The number of anilines is 2. The number of carbonyl (C=O) groups is 1. The SMILES string of the molecule is CC(=O)Oc1cccc(CNc2nc(N3CCCC3CO)n(C(C)C)c3c(C(C)C)nnc2-3)c1. The van der Waals surface area contributed by atoms with Crippen LogP contribution in [0.15, 0.2) is 24.3 Å². The molecule has 1 aromatic rings. The van der Waals surface area contributed by atoms with E-state index in [1.165, 1.54) is 6.92 Å². The van der Waals surface area contributed by atoms with Crippen LogP contribution in [0.2, 0.25) is 0 Å². The number of fused-ring (bicyclic) bond motifs is 1. The van der Waals surface area contributed by atoms with Crippen LogP contribution in [0.25, 0.3) is 11.4 Å². The number of benzene rings is 1. The third-order valence-corrected chi connectivity index (χ3v) is 6.15. The summed E-state index contributed by atoms with van der Waals surface area (Å²) in [5.74, 6) is 1.84. The van der Waals surface area contributed by atoms with E-state index >= 15 is 0 Å². The van der Waals surface area contributed by atoms with Crippen LogP contribution in [0.1, 0.15) is 70.7 Å². The molecule has 3 aliphatic rings. The molecule has 0 aromatic heterocycles. The first-order chi connectivity index (χ1) is 16.3. The van der Waals surface area contributed by atoms with Crippen LogP contribution in [0, 0.1) is 0 Å². The van der Waals surface area contributed by atoms with E-state index in [2.05, 4.69) is 52.7 Å². The normalized spacial score (nSPS) is 16.1. The van der Waals surface area contributed by atoms with Crippen molar-refractivity contribution in [2.75, 3.05) is 23.4 Å². The van der Waals surface area contributed by atoms with Gasteiger partial charge in [0.25, 0.3) is 0 Å². The first-order valence-electron chi connectivity index (χ1n) is 12.0. The number of aliphatic hydroxyl groups is 1. The predicted molar refractivity (Wildman–Crippen MR) is 131 cm³/mol. The zero-order chi connectivity index (χ0) is 24.4. The number of carbonyl (C=O) groups excluding carboxylic acids is 1. The second-order valence-corrected chi connectivity index (χ2v) is 9.43. The van der Waals surface area contributed by atoms with E-state index < -0.39 is 0 Å². The van der Waals surface area contributed by atoms with Gasteiger partial charge in [-0.1, -0.05) is 26.0 Å². The molecule has 3 aliphatic heterocycles. The molecule has 9 heteroatoms. The minimum atomic E-state index is -0.350. The molecule has 1 atom stereocenters. The average molecular weight is 467 g/mol. The van der Waals surface area contributed by atoms with E-state index in [0.717, 1.165) is 48.0 Å². The maximum atomic E-state index is 11.3. The molecule has 0 bridgehead atoms. The molecule has 34 heavy (non-hydrogen) atoms. The van der Waals surface area contributed by atoms with Crippen molar-refractivity contribution in [3.63, 3.8) is 0 Å². The van der Waals surface area contributed by atoms with E-state index in [0.29, 0.717) is 18.1 Å². The van der Waals surface area contributed by atoms with Gasteiger partial charge in [0.2, 0.25) is 5.95 Å². The van der Waals surface area contributed by atoms with Crippen molar-refractivity contribution in [1.29, 1.82) is 0 Å². The number of aromatic nitrogens is 4. The topological polar surface area (TPSA) is 105 Å². The van der Waals surface area contributed by atoms with Crippen molar-refractivity contribution in [3.05, 3.63) is 35.5 Å². The van der Waals surface area contributed by atoms with Crippen molar-refractivity contribution in [3.8, 4) is 17.1 Å². The Morgan fingerprint density at radius 2 is 2.06 bits per heavy atom. The summed E-state index contributed by atoms with van der Waals surface area (Å²) < 4.78 is 7.43. The highest BCUT2D eigenvalue weighted by atomic mass is 16.5. The Morgan fingerprint density at radius 1 is 1.26 bits per heavy atom. The van der Waals surface area contributed by atoms with Crippen LogP contribution in [-0.4, -0.2) is 50.0 Å². The molecule has 0 spiro atoms. The smallest absolute Gasteiger partial charge is 0.308 e. The second-order valence-electron chi connectivity index (χ2n) is 9.43. The molecule has 9 nitrogen and oxygen atoms in total. The highest BCUT2D eigenvalue weighted by Crippen LogP contribution is 2.40. The van der Waals surface area contributed by atoms with Gasteiger partial charge >= 0.3 is 5.97 Å². The fourth-order valence-electron chi connectivity index (χ4n) is 4.59. The summed E-state index contributed by atoms with van der Waals surface area (Å²) in [5.41, 5.74) is 3.60. The van der Waals surface area contributed by atoms with Gasteiger partial charge in [-0.2, -0.15) is 10.1 Å². The molecule has 1 unspecified atom stereocenters. The van der Waals surface area contributed by atoms with Gasteiger partial charge < -0.3 is 24.6 Å². The average Bonchev–Trinajstić information content (AvgIpc) is 3.43. The highest BCUT2D eigenvalue weighted by Gasteiger charge is 2.33. The lowest BCUT2D eigenvalue weighted by Crippen LogP contribution is -2.36. The van der Waals surface area contributed by atoms with Gasteiger partial charge in [0.1, 0.15) is 5.75 Å². The third-order valence-electron chi connectivity index (χ3n) is 6.15. The molecule has 0 saturated carbocycles. The Hall–Kier alpha value is -3.20. The van der Waals surface area contributed by atoms with Crippen LogP contribution in [-0.2, 0) is 11.3 Å². The fraction of sp³-hybridized carbons (Fsp3) is 0.520. The Morgan fingerprint density at radius 3 is 2.74 bits per heavy atom. The number of nitrogens with zero attached hydrogens (tertiary/aromatic N) is 5. The largest absolute Gasteiger partial charge is 0.427 e. The Kier molecular flexibility index (Phi) is 7.02. The predicted octanol–water partition coefficient (Wildman–Crippen LogP) is 3.98. The van der Waals surface area contributed by atoms with Crippen LogP contribution in [0.3, 0.4) is 0 Å². The third kappa shape index (κ3) is 4.70. The zero-order valence-electron chi connectivity index (χ0n) is 20.6. The van der Waals surface area contributed by atoms with Crippen molar-refractivity contribution in [1.82, 2.24) is 19.7 Å². The van der Waals surface area contributed by atoms with Gasteiger partial charge in [0.15, 0.2) is 11.5 Å². The van der Waals surface area contributed by atoms with Gasteiger partial charge in [-0.25, -0.2) is 0 Å². The maximum absolute atomic E-state index is 11.3. The quantitative estimate of drug-likeness (QED) is 0.379. The lowest BCUT2D eigenvalue weighted by molar-refractivity contribution is -0.131. The summed E-state index contributed by atoms with van der Waals surface area (Å²) in [4.78, 5) is 18.6. The minimum Gasteiger partial charge on any atom is -0.427 e. The molecule has 3 heterocycles. The molecule has 0 aliphatic carbocycles. The van der Waals surface area contributed by atoms with E-state index in [4.69, 9.17) is 9.72 Å². The number of aliphatic hydroxyl groups excluding tert-OH is 1. The molecular weight excluding hydrogens is 432 g/mol. The van der Waals surface area contributed by atoms with Crippen LogP contribution in [0.5, 0.6) is 5.75 Å². The fourth-order valence-corrected chi connectivity index (χ4v) is 4.59. The molecule has 1 saturated heterocycles. The number of hydrogen-bond acceptors (Lipinski definition) is 8. The first kappa shape index (κ1) is 23.9. The Bertz CT molecular complexity index is 1130. The van der Waals surface area contributed by atoms with E-state index in [1.54, 1.807) is 6.07 Å². The molecule has 0 amide bonds. The molecule has 4 rings (SSSR count). The van der Waals surface area contributed by atoms with Gasteiger partial charge in [0.05, 0.1) is 24.0 Å². The summed E-state index contributed by atoms with van der Waals surface area (Å²) in [6.45, 7) is 11.3. The van der Waals surface area contributed by atoms with E-state index in [-0.39, 0.29) is 30.6 Å². The van der Waals surface area contributed by atoms with Crippen molar-refractivity contribution < 1.29 is 14.6 Å². The number of ether oxygens (including phenoxy) is 1. The lowest BCUT2D eigenvalue weighted by atomic mass is 10.1. The van der Waals surface area contributed by atoms with Gasteiger partial charge in [-0.15, -0.1) is 5.10 Å². The number of esters is 1. The van der Waals surface area contributed by atoms with Crippen molar-refractivity contribution in [2.45, 2.75) is 72.0 Å². The summed E-state index contributed by atoms with van der Waals surface area (Å²) >= 11 is 0. The van der Waals surface area contributed by atoms with Crippen molar-refractivity contribution >= 4 is 17.7 Å². The number of hydrogen-bond donors (Lipinski definition) is 2. The second kappa shape index (κ2) is 9.97. The first-order valence-corrected chi connectivity index (χ1v) is 12.0. The molecule has 0 radical (unpaired) electrons. The van der Waals surface area contributed by atoms with Crippen LogP contribution < -0.4 is 15.0 Å². The monoisotopic (exact) mass is 466 g/mol. The van der Waals surface area contributed by atoms with Gasteiger partial charge in [-0.05, 0) is 50.3 Å². The number of nitrogens with one attached hydrogen (secondary N) is 1. The maximum Gasteiger partial charge on any atom is 0.308 e. The Balaban J connectivity index is 1.77. The molecule has 1 aromatic carbocycles. The minimum absolute atomic E-state index is 0.0431. The Labute approximate surface area is 200 Å². The van der Waals surface area contributed by atoms with Crippen LogP contribution >= 0.6 is 0 Å².